The van der Waals surface area contributed by atoms with Gasteiger partial charge in [-0.1, -0.05) is 11.3 Å². The highest BCUT2D eigenvalue weighted by Crippen LogP contribution is 2.26. The van der Waals surface area contributed by atoms with Gasteiger partial charge in [-0.2, -0.15) is 0 Å². The Bertz CT molecular complexity index is 830. The minimum absolute atomic E-state index is 0.0673. The number of nitrogens with two attached hydrogens (primary N) is 1. The smallest absolute Gasteiger partial charge is 0.355 e. The van der Waals surface area contributed by atoms with E-state index in [0.717, 1.165) is 11.3 Å². The van der Waals surface area contributed by atoms with Crippen LogP contribution in [0.1, 0.15) is 29.1 Å². The van der Waals surface area contributed by atoms with Gasteiger partial charge in [0, 0.05) is 19.2 Å². The Morgan fingerprint density at radius 2 is 1.96 bits per heavy atom. The van der Waals surface area contributed by atoms with Crippen LogP contribution in [0.5, 0.6) is 5.75 Å². The van der Waals surface area contributed by atoms with E-state index in [0.29, 0.717) is 21.3 Å². The molecule has 2 rings (SSSR count). The maximum Gasteiger partial charge on any atom is 0.355 e. The van der Waals surface area contributed by atoms with Crippen molar-refractivity contribution in [1.82, 2.24) is 4.98 Å². The Morgan fingerprint density at radius 1 is 1.35 bits per heavy atom. The fourth-order valence-electron chi connectivity index (χ4n) is 2.12. The molecule has 0 saturated carbocycles. The second kappa shape index (κ2) is 7.52. The highest BCUT2D eigenvalue weighted by molar-refractivity contribution is 7.17. The van der Waals surface area contributed by atoms with E-state index < -0.39 is 17.4 Å². The van der Waals surface area contributed by atoms with Gasteiger partial charge in [0.05, 0.1) is 11.6 Å². The molecule has 4 N–H and O–H groups in total. The number of rotatable bonds is 7. The number of nitrogens with one attached hydrogen (secondary N) is 1. The number of hydrogen-bond acceptors (Lipinski definition) is 7. The van der Waals surface area contributed by atoms with Crippen molar-refractivity contribution in [3.63, 3.8) is 0 Å². The third-order valence-corrected chi connectivity index (χ3v) is 4.70. The SMILES string of the molecule is CN(CC(C)(C)C(=O)O)c1ncc(C(=O)Oc2ccc(C(=N)N)cc2)s1. The van der Waals surface area contributed by atoms with Gasteiger partial charge in [0.15, 0.2) is 5.13 Å². The Kier molecular flexibility index (Phi) is 5.61. The number of benzene rings is 1. The van der Waals surface area contributed by atoms with E-state index in [2.05, 4.69) is 4.98 Å². The molecular weight excluding hydrogens is 356 g/mol. The molecule has 0 aliphatic heterocycles. The molecule has 2 aromatic rings. The number of carboxylic acid groups (broad SMARTS) is 1. The molecular formula is C17H20N4O4S. The monoisotopic (exact) mass is 376 g/mol. The molecule has 8 nitrogen and oxygen atoms in total. The van der Waals surface area contributed by atoms with Crippen LogP contribution in [0, 0.1) is 10.8 Å². The van der Waals surface area contributed by atoms with E-state index in [-0.39, 0.29) is 12.4 Å². The van der Waals surface area contributed by atoms with E-state index in [9.17, 15) is 14.7 Å². The molecule has 0 aliphatic carbocycles. The molecule has 0 spiro atoms. The van der Waals surface area contributed by atoms with Gasteiger partial charge in [0.2, 0.25) is 0 Å². The molecule has 0 aliphatic rings. The summed E-state index contributed by atoms with van der Waals surface area (Å²) < 4.78 is 5.27. The molecule has 1 heterocycles. The van der Waals surface area contributed by atoms with Crippen molar-refractivity contribution < 1.29 is 19.4 Å². The van der Waals surface area contributed by atoms with Crippen LogP contribution in [-0.4, -0.2) is 41.5 Å². The van der Waals surface area contributed by atoms with Crippen molar-refractivity contribution in [1.29, 1.82) is 5.41 Å². The number of carboxylic acids is 1. The quantitative estimate of drug-likeness (QED) is 0.292. The number of nitrogens with zero attached hydrogens (tertiary/aromatic N) is 2. The van der Waals surface area contributed by atoms with E-state index in [4.69, 9.17) is 15.9 Å². The van der Waals surface area contributed by atoms with Crippen LogP contribution in [0.25, 0.3) is 0 Å². The van der Waals surface area contributed by atoms with Gasteiger partial charge in [0.25, 0.3) is 0 Å². The lowest BCUT2D eigenvalue weighted by Crippen LogP contribution is -2.37. The van der Waals surface area contributed by atoms with E-state index in [1.54, 1.807) is 50.1 Å². The first-order valence-corrected chi connectivity index (χ1v) is 8.49. The zero-order valence-electron chi connectivity index (χ0n) is 14.6. The van der Waals surface area contributed by atoms with Crippen molar-refractivity contribution in [2.24, 2.45) is 11.1 Å². The van der Waals surface area contributed by atoms with Crippen LogP contribution in [0.3, 0.4) is 0 Å². The van der Waals surface area contributed by atoms with Gasteiger partial charge in [-0.05, 0) is 38.1 Å². The molecule has 0 unspecified atom stereocenters. The summed E-state index contributed by atoms with van der Waals surface area (Å²) in [5.41, 5.74) is 4.97. The average molecular weight is 376 g/mol. The number of thiazole rings is 1. The van der Waals surface area contributed by atoms with Crippen LogP contribution < -0.4 is 15.4 Å². The summed E-state index contributed by atoms with van der Waals surface area (Å²) in [6.45, 7) is 3.50. The first-order chi connectivity index (χ1) is 12.1. The predicted octanol–water partition coefficient (Wildman–Crippen LogP) is 2.19. The number of carbonyl (C=O) groups excluding carboxylic acids is 1. The number of hydrogen-bond donors (Lipinski definition) is 3. The predicted molar refractivity (Wildman–Crippen MR) is 99.2 cm³/mol. The molecule has 138 valence electrons. The molecule has 0 bridgehead atoms. The third-order valence-electron chi connectivity index (χ3n) is 3.61. The standard InChI is InChI=1S/C17H20N4O4S/c1-17(2,15(23)24)9-21(3)16-20-8-12(26-16)14(22)25-11-6-4-10(5-7-11)13(18)19/h4-8H,9H2,1-3H3,(H3,18,19)(H,23,24). The van der Waals surface area contributed by atoms with Crippen LogP contribution in [0.4, 0.5) is 5.13 Å². The van der Waals surface area contributed by atoms with Gasteiger partial charge in [-0.3, -0.25) is 10.2 Å². The molecule has 0 amide bonds. The van der Waals surface area contributed by atoms with Crippen molar-refractivity contribution in [3.05, 3.63) is 40.9 Å². The summed E-state index contributed by atoms with van der Waals surface area (Å²) in [4.78, 5) is 29.6. The molecule has 9 heteroatoms. The number of ether oxygens (including phenoxy) is 1. The van der Waals surface area contributed by atoms with Gasteiger partial charge < -0.3 is 20.5 Å². The molecule has 1 aromatic carbocycles. The minimum Gasteiger partial charge on any atom is -0.481 e. The van der Waals surface area contributed by atoms with Crippen LogP contribution in [-0.2, 0) is 4.79 Å². The molecule has 1 aromatic heterocycles. The van der Waals surface area contributed by atoms with Crippen LogP contribution in [0.15, 0.2) is 30.5 Å². The third kappa shape index (κ3) is 4.57. The number of nitrogen functional groups attached to an aromatic ring is 1. The van der Waals surface area contributed by atoms with Crippen LogP contribution >= 0.6 is 11.3 Å². The summed E-state index contributed by atoms with van der Waals surface area (Å²) in [5, 5.41) is 17.1. The summed E-state index contributed by atoms with van der Waals surface area (Å²) >= 11 is 1.12. The number of amidine groups is 1. The average Bonchev–Trinajstić information content (AvgIpc) is 3.05. The van der Waals surface area contributed by atoms with Gasteiger partial charge >= 0.3 is 11.9 Å². The van der Waals surface area contributed by atoms with E-state index in [1.165, 1.54) is 6.20 Å². The highest BCUT2D eigenvalue weighted by atomic mass is 32.1. The largest absolute Gasteiger partial charge is 0.481 e. The lowest BCUT2D eigenvalue weighted by Gasteiger charge is -2.26. The number of anilines is 1. The first kappa shape index (κ1) is 19.4. The molecule has 26 heavy (non-hydrogen) atoms. The normalized spacial score (nSPS) is 11.0. The second-order valence-corrected chi connectivity index (χ2v) is 7.39. The fourth-order valence-corrected chi connectivity index (χ4v) is 2.88. The Balaban J connectivity index is 2.05. The van der Waals surface area contributed by atoms with Crippen LogP contribution in [0.2, 0.25) is 0 Å². The number of carbonyl (C=O) groups is 2. The highest BCUT2D eigenvalue weighted by Gasteiger charge is 2.29. The fraction of sp³-hybridized carbons (Fsp3) is 0.294. The van der Waals surface area contributed by atoms with Crippen molar-refractivity contribution >= 4 is 34.2 Å². The summed E-state index contributed by atoms with van der Waals surface area (Å²) in [6.07, 6.45) is 1.40. The Morgan fingerprint density at radius 3 is 2.50 bits per heavy atom. The zero-order valence-corrected chi connectivity index (χ0v) is 15.5. The van der Waals surface area contributed by atoms with Crippen molar-refractivity contribution in [3.8, 4) is 5.75 Å². The van der Waals surface area contributed by atoms with Crippen molar-refractivity contribution in [2.75, 3.05) is 18.5 Å². The first-order valence-electron chi connectivity index (χ1n) is 7.67. The van der Waals surface area contributed by atoms with E-state index >= 15 is 0 Å². The van der Waals surface area contributed by atoms with Crippen molar-refractivity contribution in [2.45, 2.75) is 13.8 Å². The molecule has 0 radical (unpaired) electrons. The number of aromatic nitrogens is 1. The van der Waals surface area contributed by atoms with E-state index in [1.807, 2.05) is 0 Å². The Labute approximate surface area is 154 Å². The minimum atomic E-state index is -0.945. The van der Waals surface area contributed by atoms with Gasteiger partial charge in [-0.15, -0.1) is 0 Å². The zero-order chi connectivity index (χ0) is 19.5. The number of esters is 1. The summed E-state index contributed by atoms with van der Waals surface area (Å²) in [5.74, 6) is -1.21. The molecule has 0 atom stereocenters. The maximum atomic E-state index is 12.2. The lowest BCUT2D eigenvalue weighted by atomic mass is 9.93. The Hall–Kier alpha value is -2.94. The summed E-state index contributed by atoms with van der Waals surface area (Å²) in [7, 11) is 1.72. The van der Waals surface area contributed by atoms with Gasteiger partial charge in [-0.25, -0.2) is 9.78 Å². The van der Waals surface area contributed by atoms with Gasteiger partial charge in [0.1, 0.15) is 16.5 Å². The topological polar surface area (TPSA) is 130 Å². The maximum absolute atomic E-state index is 12.2. The summed E-state index contributed by atoms with van der Waals surface area (Å²) in [6, 6.07) is 6.28. The number of aliphatic carboxylic acids is 1. The lowest BCUT2D eigenvalue weighted by molar-refractivity contribution is -0.146. The molecule has 0 fully saturated rings. The second-order valence-electron chi connectivity index (χ2n) is 6.38. The molecule has 0 saturated heterocycles.